The van der Waals surface area contributed by atoms with E-state index in [1.807, 2.05) is 0 Å². The Hall–Kier alpha value is -1.38. The minimum Gasteiger partial charge on any atom is -0.466 e. The van der Waals surface area contributed by atoms with Crippen molar-refractivity contribution < 1.29 is 23.8 Å². The number of rotatable bonds is 4. The van der Waals surface area contributed by atoms with E-state index in [1.165, 1.54) is 51.9 Å². The molecule has 28 heavy (non-hydrogen) atoms. The molecule has 0 amide bonds. The molecule has 1 fully saturated rings. The van der Waals surface area contributed by atoms with Crippen molar-refractivity contribution in [2.24, 2.45) is 0 Å². The summed E-state index contributed by atoms with van der Waals surface area (Å²) in [4.78, 5) is 26.3. The van der Waals surface area contributed by atoms with Crippen LogP contribution in [0.3, 0.4) is 0 Å². The summed E-state index contributed by atoms with van der Waals surface area (Å²) in [6, 6.07) is 4.19. The van der Waals surface area contributed by atoms with Crippen LogP contribution in [0.25, 0.3) is 0 Å². The molecule has 0 atom stereocenters. The Bertz CT molecular complexity index is 779. The van der Waals surface area contributed by atoms with E-state index in [0.29, 0.717) is 11.6 Å². The molecule has 1 aromatic rings. The number of ether oxygens (including phenoxy) is 3. The van der Waals surface area contributed by atoms with Crippen LogP contribution in [0.2, 0.25) is 0 Å². The number of benzene rings is 1. The maximum absolute atomic E-state index is 12.5. The van der Waals surface area contributed by atoms with E-state index in [4.69, 9.17) is 14.2 Å². The van der Waals surface area contributed by atoms with E-state index >= 15 is 0 Å². The van der Waals surface area contributed by atoms with Gasteiger partial charge in [-0.15, -0.1) is 0 Å². The number of halogens is 2. The van der Waals surface area contributed by atoms with Gasteiger partial charge in [-0.3, -0.25) is 0 Å². The number of nitrogens with zero attached hydrogens (tertiary/aromatic N) is 1. The summed E-state index contributed by atoms with van der Waals surface area (Å²) in [6.07, 6.45) is 6.17. The van der Waals surface area contributed by atoms with Gasteiger partial charge in [0, 0.05) is 8.95 Å². The first-order valence-corrected chi connectivity index (χ1v) is 10.8. The number of hydrogen-bond acceptors (Lipinski definition) is 6. The molecule has 0 radical (unpaired) electrons. The predicted molar refractivity (Wildman–Crippen MR) is 112 cm³/mol. The number of anilines is 1. The topological polar surface area (TPSA) is 65.1 Å². The van der Waals surface area contributed by atoms with Gasteiger partial charge in [0.1, 0.15) is 12.4 Å². The SMILES string of the molecule is COC(=O)C1=C(C(=O)OC)N(c2c(Br)cc(C3CCCCC3)cc2Br)COC1. The highest BCUT2D eigenvalue weighted by Crippen LogP contribution is 2.43. The second kappa shape index (κ2) is 9.41. The first-order valence-electron chi connectivity index (χ1n) is 9.22. The van der Waals surface area contributed by atoms with Crippen LogP contribution in [0.5, 0.6) is 0 Å². The zero-order valence-electron chi connectivity index (χ0n) is 15.9. The van der Waals surface area contributed by atoms with E-state index < -0.39 is 11.9 Å². The largest absolute Gasteiger partial charge is 0.466 e. The maximum Gasteiger partial charge on any atom is 0.355 e. The Kier molecular flexibility index (Phi) is 7.17. The van der Waals surface area contributed by atoms with Crippen LogP contribution in [0.1, 0.15) is 43.6 Å². The lowest BCUT2D eigenvalue weighted by molar-refractivity contribution is -0.140. The summed E-state index contributed by atoms with van der Waals surface area (Å²) < 4.78 is 17.0. The molecule has 1 saturated carbocycles. The molecule has 0 saturated heterocycles. The molecular weight excluding hydrogens is 494 g/mol. The van der Waals surface area contributed by atoms with Crippen LogP contribution >= 0.6 is 31.9 Å². The van der Waals surface area contributed by atoms with Crippen molar-refractivity contribution in [1.29, 1.82) is 0 Å². The zero-order valence-corrected chi connectivity index (χ0v) is 19.1. The average Bonchev–Trinajstić information content (AvgIpc) is 2.72. The Balaban J connectivity index is 2.05. The maximum atomic E-state index is 12.5. The minimum atomic E-state index is -0.615. The van der Waals surface area contributed by atoms with Crippen molar-refractivity contribution in [3.05, 3.63) is 37.9 Å². The van der Waals surface area contributed by atoms with Crippen molar-refractivity contribution in [2.75, 3.05) is 32.5 Å². The van der Waals surface area contributed by atoms with Crippen LogP contribution in [0.4, 0.5) is 5.69 Å². The van der Waals surface area contributed by atoms with Crippen LogP contribution in [0, 0.1) is 0 Å². The highest BCUT2D eigenvalue weighted by Gasteiger charge is 2.34. The third-order valence-corrected chi connectivity index (χ3v) is 6.43. The summed E-state index contributed by atoms with van der Waals surface area (Å²) >= 11 is 7.31. The number of esters is 2. The third-order valence-electron chi connectivity index (χ3n) is 5.22. The molecule has 0 bridgehead atoms. The molecule has 8 heteroatoms. The average molecular weight is 517 g/mol. The quantitative estimate of drug-likeness (QED) is 0.542. The van der Waals surface area contributed by atoms with Crippen molar-refractivity contribution in [3.8, 4) is 0 Å². The number of methoxy groups -OCH3 is 2. The molecule has 2 aliphatic rings. The Morgan fingerprint density at radius 2 is 1.64 bits per heavy atom. The van der Waals surface area contributed by atoms with Gasteiger partial charge in [-0.25, -0.2) is 9.59 Å². The van der Waals surface area contributed by atoms with Crippen LogP contribution in [-0.4, -0.2) is 39.5 Å². The molecule has 1 aromatic carbocycles. The first kappa shape index (κ1) is 21.3. The molecular formula is C20H23Br2NO5. The van der Waals surface area contributed by atoms with Gasteiger partial charge in [0.15, 0.2) is 0 Å². The number of carbonyl (C=O) groups is 2. The lowest BCUT2D eigenvalue weighted by Crippen LogP contribution is -2.39. The Morgan fingerprint density at radius 1 is 1.04 bits per heavy atom. The van der Waals surface area contributed by atoms with E-state index in [9.17, 15) is 9.59 Å². The van der Waals surface area contributed by atoms with Gasteiger partial charge in [0.25, 0.3) is 0 Å². The van der Waals surface area contributed by atoms with E-state index in [0.717, 1.165) is 8.95 Å². The van der Waals surface area contributed by atoms with Crippen LogP contribution < -0.4 is 4.90 Å². The van der Waals surface area contributed by atoms with Gasteiger partial charge < -0.3 is 19.1 Å². The zero-order chi connectivity index (χ0) is 20.3. The fraction of sp³-hybridized carbons (Fsp3) is 0.500. The second-order valence-corrected chi connectivity index (χ2v) is 8.59. The highest BCUT2D eigenvalue weighted by atomic mass is 79.9. The fourth-order valence-corrected chi connectivity index (χ4v) is 5.48. The lowest BCUT2D eigenvalue weighted by atomic mass is 9.84. The van der Waals surface area contributed by atoms with E-state index in [2.05, 4.69) is 44.0 Å². The Labute approximate surface area is 181 Å². The first-order chi connectivity index (χ1) is 13.5. The summed E-state index contributed by atoms with van der Waals surface area (Å²) in [5.74, 6) is -0.690. The summed E-state index contributed by atoms with van der Waals surface area (Å²) in [7, 11) is 2.56. The van der Waals surface area contributed by atoms with Gasteiger partial charge in [0.2, 0.25) is 0 Å². The molecule has 1 aliphatic carbocycles. The van der Waals surface area contributed by atoms with Gasteiger partial charge in [0.05, 0.1) is 32.1 Å². The lowest BCUT2D eigenvalue weighted by Gasteiger charge is -2.33. The van der Waals surface area contributed by atoms with E-state index in [-0.39, 0.29) is 24.6 Å². The van der Waals surface area contributed by atoms with Crippen LogP contribution in [-0.2, 0) is 23.8 Å². The van der Waals surface area contributed by atoms with Gasteiger partial charge in [-0.2, -0.15) is 0 Å². The molecule has 0 N–H and O–H groups in total. The van der Waals surface area contributed by atoms with Gasteiger partial charge in [-0.05, 0) is 68.3 Å². The standard InChI is InChI=1S/C20H23Br2NO5/c1-26-19(24)14-10-28-11-23(17(14)20(25)27-2)18-15(21)8-13(9-16(18)22)12-6-4-3-5-7-12/h8-9,12H,3-7,10-11H2,1-2H3. The van der Waals surface area contributed by atoms with Crippen LogP contribution in [0.15, 0.2) is 32.3 Å². The minimum absolute atomic E-state index is 0.0109. The van der Waals surface area contributed by atoms with Crippen molar-refractivity contribution in [1.82, 2.24) is 0 Å². The molecule has 0 spiro atoms. The fourth-order valence-electron chi connectivity index (χ4n) is 3.83. The summed E-state index contributed by atoms with van der Waals surface area (Å²) in [5, 5.41) is 0. The number of hydrogen-bond donors (Lipinski definition) is 0. The van der Waals surface area contributed by atoms with E-state index in [1.54, 1.807) is 4.90 Å². The smallest absolute Gasteiger partial charge is 0.355 e. The Morgan fingerprint density at radius 3 is 2.21 bits per heavy atom. The molecule has 1 aliphatic heterocycles. The normalized spacial score (nSPS) is 18.2. The van der Waals surface area contributed by atoms with Crippen molar-refractivity contribution in [3.63, 3.8) is 0 Å². The molecule has 3 rings (SSSR count). The second-order valence-electron chi connectivity index (χ2n) is 6.88. The highest BCUT2D eigenvalue weighted by molar-refractivity contribution is 9.11. The predicted octanol–water partition coefficient (Wildman–Crippen LogP) is 4.65. The number of carbonyl (C=O) groups excluding carboxylic acids is 2. The van der Waals surface area contributed by atoms with Gasteiger partial charge in [-0.1, -0.05) is 19.3 Å². The van der Waals surface area contributed by atoms with Gasteiger partial charge >= 0.3 is 11.9 Å². The molecule has 152 valence electrons. The van der Waals surface area contributed by atoms with Crippen molar-refractivity contribution in [2.45, 2.75) is 38.0 Å². The molecule has 6 nitrogen and oxygen atoms in total. The monoisotopic (exact) mass is 515 g/mol. The summed E-state index contributed by atoms with van der Waals surface area (Å²) in [5.41, 5.74) is 2.24. The summed E-state index contributed by atoms with van der Waals surface area (Å²) in [6.45, 7) is 0.105. The molecule has 1 heterocycles. The van der Waals surface area contributed by atoms with Crippen molar-refractivity contribution >= 4 is 49.5 Å². The molecule has 0 aromatic heterocycles. The third kappa shape index (κ3) is 4.28. The molecule has 0 unspecified atom stereocenters.